The van der Waals surface area contributed by atoms with Gasteiger partial charge < -0.3 is 10.3 Å². The molecule has 0 aliphatic carbocycles. The molecule has 98 valence electrons. The Bertz CT molecular complexity index is 704. The number of rotatable bonds is 4. The molecule has 0 aliphatic heterocycles. The van der Waals surface area contributed by atoms with Gasteiger partial charge in [-0.25, -0.2) is 4.98 Å². The summed E-state index contributed by atoms with van der Waals surface area (Å²) in [6, 6.07) is 5.84. The molecule has 0 unspecified atom stereocenters. The van der Waals surface area contributed by atoms with Crippen molar-refractivity contribution in [2.75, 3.05) is 5.73 Å². The Morgan fingerprint density at radius 3 is 3.05 bits per heavy atom. The Morgan fingerprint density at radius 2 is 2.21 bits per heavy atom. The van der Waals surface area contributed by atoms with Crippen LogP contribution < -0.4 is 5.73 Å². The maximum atomic E-state index is 5.69. The lowest BCUT2D eigenvalue weighted by Crippen LogP contribution is -1.87. The molecule has 0 bridgehead atoms. The molecule has 0 aliphatic rings. The lowest BCUT2D eigenvalue weighted by atomic mass is 10.2. The molecular formula is C13H14N4OS. The summed E-state index contributed by atoms with van der Waals surface area (Å²) in [7, 11) is 0. The Balaban J connectivity index is 1.92. The zero-order chi connectivity index (χ0) is 13.2. The molecule has 3 rings (SSSR count). The summed E-state index contributed by atoms with van der Waals surface area (Å²) in [5, 5.41) is 4.56. The van der Waals surface area contributed by atoms with Gasteiger partial charge in [-0.05, 0) is 24.6 Å². The zero-order valence-corrected chi connectivity index (χ0v) is 11.4. The van der Waals surface area contributed by atoms with E-state index >= 15 is 0 Å². The topological polar surface area (TPSA) is 77.8 Å². The molecule has 2 aromatic heterocycles. The highest BCUT2D eigenvalue weighted by Gasteiger charge is 2.10. The second kappa shape index (κ2) is 4.97. The van der Waals surface area contributed by atoms with Gasteiger partial charge in [0.15, 0.2) is 11.0 Å². The molecule has 3 aromatic rings. The van der Waals surface area contributed by atoms with E-state index in [0.717, 1.165) is 40.9 Å². The van der Waals surface area contributed by atoms with Gasteiger partial charge in [-0.3, -0.25) is 0 Å². The van der Waals surface area contributed by atoms with Gasteiger partial charge in [-0.15, -0.1) is 0 Å². The number of unbranched alkanes of at least 4 members (excludes halogenated alkanes) is 1. The highest BCUT2D eigenvalue weighted by Crippen LogP contribution is 2.28. The maximum Gasteiger partial charge on any atom is 0.257 e. The van der Waals surface area contributed by atoms with Crippen molar-refractivity contribution >= 4 is 26.7 Å². The van der Waals surface area contributed by atoms with E-state index < -0.39 is 0 Å². The number of thiazole rings is 1. The van der Waals surface area contributed by atoms with Crippen LogP contribution in [0.3, 0.4) is 0 Å². The van der Waals surface area contributed by atoms with E-state index in [1.54, 1.807) is 0 Å². The first-order valence-electron chi connectivity index (χ1n) is 6.25. The minimum atomic E-state index is 0.556. The van der Waals surface area contributed by atoms with Gasteiger partial charge in [0, 0.05) is 12.0 Å². The van der Waals surface area contributed by atoms with Gasteiger partial charge in [-0.1, -0.05) is 29.8 Å². The van der Waals surface area contributed by atoms with Crippen LogP contribution in [0.2, 0.25) is 0 Å². The second-order valence-electron chi connectivity index (χ2n) is 4.35. The van der Waals surface area contributed by atoms with E-state index in [-0.39, 0.29) is 0 Å². The smallest absolute Gasteiger partial charge is 0.257 e. The molecular weight excluding hydrogens is 260 g/mol. The van der Waals surface area contributed by atoms with Crippen LogP contribution in [0, 0.1) is 0 Å². The van der Waals surface area contributed by atoms with Gasteiger partial charge in [0.25, 0.3) is 5.89 Å². The van der Waals surface area contributed by atoms with Crippen molar-refractivity contribution in [1.82, 2.24) is 15.1 Å². The lowest BCUT2D eigenvalue weighted by molar-refractivity contribution is 0.421. The van der Waals surface area contributed by atoms with Gasteiger partial charge in [0.1, 0.15) is 0 Å². The third kappa shape index (κ3) is 2.44. The summed E-state index contributed by atoms with van der Waals surface area (Å²) in [4.78, 5) is 8.63. The minimum absolute atomic E-state index is 0.556. The van der Waals surface area contributed by atoms with E-state index in [9.17, 15) is 0 Å². The number of hydrogen-bond acceptors (Lipinski definition) is 6. The number of fused-ring (bicyclic) bond motifs is 1. The molecule has 0 fully saturated rings. The predicted octanol–water partition coefficient (Wildman–Crippen LogP) is 3.27. The normalized spacial score (nSPS) is 11.2. The van der Waals surface area contributed by atoms with Crippen LogP contribution in [0.5, 0.6) is 0 Å². The number of aromatic nitrogens is 3. The molecule has 0 saturated heterocycles. The first-order valence-corrected chi connectivity index (χ1v) is 7.07. The minimum Gasteiger partial charge on any atom is -0.375 e. The van der Waals surface area contributed by atoms with Crippen LogP contribution in [-0.2, 0) is 6.42 Å². The summed E-state index contributed by atoms with van der Waals surface area (Å²) in [5.41, 5.74) is 7.50. The number of benzene rings is 1. The average Bonchev–Trinajstić information content (AvgIpc) is 3.00. The largest absolute Gasteiger partial charge is 0.375 e. The van der Waals surface area contributed by atoms with E-state index in [1.165, 1.54) is 11.3 Å². The van der Waals surface area contributed by atoms with E-state index in [4.69, 9.17) is 10.3 Å². The Morgan fingerprint density at radius 1 is 1.32 bits per heavy atom. The van der Waals surface area contributed by atoms with Crippen molar-refractivity contribution in [1.29, 1.82) is 0 Å². The third-order valence-electron chi connectivity index (χ3n) is 2.87. The quantitative estimate of drug-likeness (QED) is 0.790. The summed E-state index contributed by atoms with van der Waals surface area (Å²) >= 11 is 1.46. The Labute approximate surface area is 114 Å². The number of aryl methyl sites for hydroxylation is 1. The Kier molecular flexibility index (Phi) is 3.16. The first kappa shape index (κ1) is 12.1. The molecule has 19 heavy (non-hydrogen) atoms. The number of nitrogens with zero attached hydrogens (tertiary/aromatic N) is 3. The van der Waals surface area contributed by atoms with Crippen molar-refractivity contribution in [3.8, 4) is 11.5 Å². The molecule has 0 atom stereocenters. The number of nitrogen functional groups attached to an aromatic ring is 1. The number of hydrogen-bond donors (Lipinski definition) is 1. The van der Waals surface area contributed by atoms with Crippen molar-refractivity contribution in [2.24, 2.45) is 0 Å². The van der Waals surface area contributed by atoms with Crippen molar-refractivity contribution in [3.05, 3.63) is 24.0 Å². The Hall–Kier alpha value is -1.95. The third-order valence-corrected chi connectivity index (χ3v) is 3.72. The van der Waals surface area contributed by atoms with Gasteiger partial charge in [0.2, 0.25) is 0 Å². The molecule has 2 heterocycles. The highest BCUT2D eigenvalue weighted by atomic mass is 32.1. The van der Waals surface area contributed by atoms with Crippen LogP contribution in [-0.4, -0.2) is 15.1 Å². The highest BCUT2D eigenvalue weighted by molar-refractivity contribution is 7.22. The predicted molar refractivity (Wildman–Crippen MR) is 75.9 cm³/mol. The summed E-state index contributed by atoms with van der Waals surface area (Å²) < 4.78 is 6.33. The number of anilines is 1. The molecule has 2 N–H and O–H groups in total. The van der Waals surface area contributed by atoms with E-state index in [0.29, 0.717) is 11.0 Å². The van der Waals surface area contributed by atoms with Crippen LogP contribution in [0.1, 0.15) is 25.6 Å². The second-order valence-corrected chi connectivity index (χ2v) is 5.42. The van der Waals surface area contributed by atoms with Crippen molar-refractivity contribution in [3.63, 3.8) is 0 Å². The SMILES string of the molecule is CCCCc1noc(-c2ccc3nc(N)sc3c2)n1. The van der Waals surface area contributed by atoms with Crippen molar-refractivity contribution < 1.29 is 4.52 Å². The van der Waals surface area contributed by atoms with E-state index in [1.807, 2.05) is 18.2 Å². The molecule has 1 aromatic carbocycles. The standard InChI is InChI=1S/C13H14N4OS/c1-2-3-4-11-16-12(18-17-11)8-5-6-9-10(7-8)19-13(14)15-9/h5-7H,2-4H2,1H3,(H2,14,15). The maximum absolute atomic E-state index is 5.69. The average molecular weight is 274 g/mol. The fraction of sp³-hybridized carbons (Fsp3) is 0.308. The van der Waals surface area contributed by atoms with Crippen LogP contribution in [0.15, 0.2) is 22.7 Å². The van der Waals surface area contributed by atoms with E-state index in [2.05, 4.69) is 22.0 Å². The molecule has 0 spiro atoms. The molecule has 5 nitrogen and oxygen atoms in total. The van der Waals surface area contributed by atoms with Crippen LogP contribution in [0.4, 0.5) is 5.13 Å². The van der Waals surface area contributed by atoms with Crippen molar-refractivity contribution in [2.45, 2.75) is 26.2 Å². The van der Waals surface area contributed by atoms with Gasteiger partial charge >= 0.3 is 0 Å². The fourth-order valence-corrected chi connectivity index (χ4v) is 2.66. The molecule has 0 saturated carbocycles. The van der Waals surface area contributed by atoms with Gasteiger partial charge in [0.05, 0.1) is 10.2 Å². The lowest BCUT2D eigenvalue weighted by Gasteiger charge is -1.93. The van der Waals surface area contributed by atoms with Crippen LogP contribution in [0.25, 0.3) is 21.7 Å². The zero-order valence-electron chi connectivity index (χ0n) is 10.6. The fourth-order valence-electron chi connectivity index (χ4n) is 1.88. The van der Waals surface area contributed by atoms with Crippen LogP contribution >= 0.6 is 11.3 Å². The number of nitrogens with two attached hydrogens (primary N) is 1. The first-order chi connectivity index (χ1) is 9.26. The monoisotopic (exact) mass is 274 g/mol. The molecule has 6 heteroatoms. The molecule has 0 amide bonds. The molecule has 0 radical (unpaired) electrons. The van der Waals surface area contributed by atoms with Gasteiger partial charge in [-0.2, -0.15) is 4.98 Å². The summed E-state index contributed by atoms with van der Waals surface area (Å²) in [6.07, 6.45) is 3.05. The summed E-state index contributed by atoms with van der Waals surface area (Å²) in [5.74, 6) is 1.32. The summed E-state index contributed by atoms with van der Waals surface area (Å²) in [6.45, 7) is 2.14.